The van der Waals surface area contributed by atoms with Crippen LogP contribution in [0.5, 0.6) is 0 Å². The first kappa shape index (κ1) is 26.8. The average Bonchev–Trinajstić information content (AvgIpc) is 3.54. The van der Waals surface area contributed by atoms with Crippen molar-refractivity contribution in [2.45, 2.75) is 0 Å². The zero-order valence-corrected chi connectivity index (χ0v) is 26.1. The van der Waals surface area contributed by atoms with Gasteiger partial charge in [-0.3, -0.25) is 0 Å². The summed E-state index contributed by atoms with van der Waals surface area (Å²) in [5, 5.41) is 12.1. The van der Waals surface area contributed by atoms with E-state index in [2.05, 4.69) is 181 Å². The van der Waals surface area contributed by atoms with E-state index in [0.717, 1.165) is 44.4 Å². The van der Waals surface area contributed by atoms with Gasteiger partial charge in [-0.2, -0.15) is 0 Å². The summed E-state index contributed by atoms with van der Waals surface area (Å²) < 4.78 is 6.50. The average molecular weight is 612 g/mol. The van der Waals surface area contributed by atoms with Crippen LogP contribution in [0.15, 0.2) is 180 Å². The Morgan fingerprint density at radius 3 is 1.81 bits per heavy atom. The van der Waals surface area contributed by atoms with Crippen LogP contribution in [0.25, 0.3) is 76.2 Å². The number of rotatable bonds is 4. The van der Waals surface area contributed by atoms with Crippen LogP contribution >= 0.6 is 0 Å². The molecule has 0 N–H and O–H groups in total. The molecule has 0 aliphatic heterocycles. The molecular weight excluding hydrogens is 583 g/mol. The maximum absolute atomic E-state index is 6.50. The van der Waals surface area contributed by atoms with Crippen molar-refractivity contribution in [2.75, 3.05) is 4.90 Å². The molecule has 0 saturated carbocycles. The van der Waals surface area contributed by atoms with Crippen LogP contribution in [0.4, 0.5) is 17.1 Å². The van der Waals surface area contributed by atoms with E-state index in [0.29, 0.717) is 0 Å². The summed E-state index contributed by atoms with van der Waals surface area (Å²) in [5.74, 6) is 0. The molecule has 2 nitrogen and oxygen atoms in total. The van der Waals surface area contributed by atoms with E-state index in [9.17, 15) is 0 Å². The molecule has 10 rings (SSSR count). The van der Waals surface area contributed by atoms with Gasteiger partial charge in [-0.1, -0.05) is 127 Å². The summed E-state index contributed by atoms with van der Waals surface area (Å²) in [6.07, 6.45) is 0. The zero-order valence-electron chi connectivity index (χ0n) is 26.1. The highest BCUT2D eigenvalue weighted by Crippen LogP contribution is 2.42. The molecule has 0 spiro atoms. The monoisotopic (exact) mass is 611 g/mol. The van der Waals surface area contributed by atoms with Gasteiger partial charge in [0.2, 0.25) is 0 Å². The fraction of sp³-hybridized carbons (Fsp3) is 0. The molecule has 0 amide bonds. The van der Waals surface area contributed by atoms with E-state index < -0.39 is 0 Å². The van der Waals surface area contributed by atoms with Gasteiger partial charge in [0.05, 0.1) is 0 Å². The maximum atomic E-state index is 6.50. The molecule has 1 aromatic heterocycles. The Labute approximate surface area is 277 Å². The van der Waals surface area contributed by atoms with Gasteiger partial charge in [-0.25, -0.2) is 0 Å². The van der Waals surface area contributed by atoms with Crippen LogP contribution in [0.1, 0.15) is 0 Å². The Morgan fingerprint density at radius 2 is 0.938 bits per heavy atom. The summed E-state index contributed by atoms with van der Waals surface area (Å²) in [6.45, 7) is 0. The highest BCUT2D eigenvalue weighted by atomic mass is 16.3. The highest BCUT2D eigenvalue weighted by Gasteiger charge is 2.18. The van der Waals surface area contributed by atoms with Crippen molar-refractivity contribution in [1.82, 2.24) is 0 Å². The van der Waals surface area contributed by atoms with E-state index >= 15 is 0 Å². The number of hydrogen-bond acceptors (Lipinski definition) is 2. The molecule has 0 atom stereocenters. The van der Waals surface area contributed by atoms with Crippen LogP contribution in [0, 0.1) is 0 Å². The van der Waals surface area contributed by atoms with Gasteiger partial charge in [0.1, 0.15) is 11.2 Å². The predicted molar refractivity (Wildman–Crippen MR) is 204 cm³/mol. The van der Waals surface area contributed by atoms with Crippen molar-refractivity contribution in [3.05, 3.63) is 176 Å². The minimum Gasteiger partial charge on any atom is -0.455 e. The fourth-order valence-corrected chi connectivity index (χ4v) is 7.50. The van der Waals surface area contributed by atoms with Crippen LogP contribution in [0.2, 0.25) is 0 Å². The maximum Gasteiger partial charge on any atom is 0.143 e. The summed E-state index contributed by atoms with van der Waals surface area (Å²) in [7, 11) is 0. The fourth-order valence-electron chi connectivity index (χ4n) is 7.50. The molecule has 0 radical (unpaired) electrons. The molecular formula is C46H29NO. The van der Waals surface area contributed by atoms with Gasteiger partial charge in [0, 0.05) is 33.2 Å². The third-order valence-corrected chi connectivity index (χ3v) is 9.78. The Bertz CT molecular complexity index is 2850. The van der Waals surface area contributed by atoms with Crippen molar-refractivity contribution in [3.8, 4) is 11.1 Å². The molecule has 0 unspecified atom stereocenters. The zero-order chi connectivity index (χ0) is 31.6. The molecule has 1 heterocycles. The highest BCUT2D eigenvalue weighted by molar-refractivity contribution is 6.21. The van der Waals surface area contributed by atoms with E-state index in [-0.39, 0.29) is 0 Å². The van der Waals surface area contributed by atoms with E-state index in [1.165, 1.54) is 48.8 Å². The molecule has 48 heavy (non-hydrogen) atoms. The van der Waals surface area contributed by atoms with Crippen molar-refractivity contribution < 1.29 is 4.42 Å². The quantitative estimate of drug-likeness (QED) is 0.184. The van der Waals surface area contributed by atoms with Crippen molar-refractivity contribution in [1.29, 1.82) is 0 Å². The predicted octanol–water partition coefficient (Wildman–Crippen LogP) is 13.3. The van der Waals surface area contributed by atoms with E-state index in [4.69, 9.17) is 4.42 Å². The number of anilines is 3. The summed E-state index contributed by atoms with van der Waals surface area (Å²) in [6, 6.07) is 63.4. The van der Waals surface area contributed by atoms with Gasteiger partial charge in [0.25, 0.3) is 0 Å². The number of benzene rings is 9. The third kappa shape index (κ3) is 4.20. The lowest BCUT2D eigenvalue weighted by atomic mass is 9.96. The van der Waals surface area contributed by atoms with Gasteiger partial charge in [0.15, 0.2) is 0 Å². The smallest absolute Gasteiger partial charge is 0.143 e. The van der Waals surface area contributed by atoms with Crippen molar-refractivity contribution >= 4 is 82.1 Å². The minimum absolute atomic E-state index is 0.889. The number of nitrogens with zero attached hydrogens (tertiary/aromatic N) is 1. The molecule has 0 saturated heterocycles. The van der Waals surface area contributed by atoms with Crippen LogP contribution in [-0.2, 0) is 0 Å². The standard InChI is InChI=1S/C46H29NO/c1-2-9-30(10-3-1)34-13-8-14-36(27-34)47(38-23-26-44-43(29-38)42-24-21-32-12-5-7-16-41(32)46(42)48-44)37-22-25-40-35(28-37)20-19-33-18-17-31-11-4-6-15-39(31)45(33)40/h1-29H. The van der Waals surface area contributed by atoms with Gasteiger partial charge >= 0.3 is 0 Å². The van der Waals surface area contributed by atoms with Crippen LogP contribution in [-0.4, -0.2) is 0 Å². The Morgan fingerprint density at radius 1 is 0.333 bits per heavy atom. The van der Waals surface area contributed by atoms with Crippen molar-refractivity contribution in [2.24, 2.45) is 0 Å². The Balaban J connectivity index is 1.21. The molecule has 9 aromatic carbocycles. The number of fused-ring (bicyclic) bond motifs is 10. The largest absolute Gasteiger partial charge is 0.455 e. The second-order valence-corrected chi connectivity index (χ2v) is 12.6. The lowest BCUT2D eigenvalue weighted by Gasteiger charge is -2.26. The molecule has 0 aliphatic rings. The molecule has 2 heteroatoms. The van der Waals surface area contributed by atoms with Crippen LogP contribution < -0.4 is 4.90 Å². The summed E-state index contributed by atoms with van der Waals surface area (Å²) in [5.41, 5.74) is 7.47. The molecule has 0 fully saturated rings. The third-order valence-electron chi connectivity index (χ3n) is 9.78. The summed E-state index contributed by atoms with van der Waals surface area (Å²) in [4.78, 5) is 2.37. The Kier molecular flexibility index (Phi) is 5.91. The first-order valence-corrected chi connectivity index (χ1v) is 16.4. The van der Waals surface area contributed by atoms with E-state index in [1.54, 1.807) is 0 Å². The molecule has 0 aliphatic carbocycles. The first-order valence-electron chi connectivity index (χ1n) is 16.4. The summed E-state index contributed by atoms with van der Waals surface area (Å²) >= 11 is 0. The molecule has 10 aromatic rings. The Hall–Kier alpha value is -6.38. The van der Waals surface area contributed by atoms with Gasteiger partial charge in [-0.05, 0) is 97.4 Å². The molecule has 224 valence electrons. The van der Waals surface area contributed by atoms with E-state index in [1.807, 2.05) is 0 Å². The topological polar surface area (TPSA) is 16.4 Å². The normalized spacial score (nSPS) is 11.8. The number of furan rings is 1. The second kappa shape index (κ2) is 10.6. The second-order valence-electron chi connectivity index (χ2n) is 12.6. The van der Waals surface area contributed by atoms with Crippen molar-refractivity contribution in [3.63, 3.8) is 0 Å². The minimum atomic E-state index is 0.889. The lowest BCUT2D eigenvalue weighted by molar-refractivity contribution is 0.672. The van der Waals surface area contributed by atoms with Crippen LogP contribution in [0.3, 0.4) is 0 Å². The van der Waals surface area contributed by atoms with Gasteiger partial charge < -0.3 is 9.32 Å². The first-order chi connectivity index (χ1) is 23.8. The number of hydrogen-bond donors (Lipinski definition) is 0. The molecule has 0 bridgehead atoms. The SMILES string of the molecule is c1ccc(-c2cccc(N(c3ccc4c(ccc5ccc6ccccc6c54)c3)c3ccc4oc5c6ccccc6ccc5c4c3)c2)cc1. The van der Waals surface area contributed by atoms with Gasteiger partial charge in [-0.15, -0.1) is 0 Å². The lowest BCUT2D eigenvalue weighted by Crippen LogP contribution is -2.10.